The largest absolute Gasteiger partial charge is 0.480 e. The Kier molecular flexibility index (Phi) is 3.46. The first-order valence-corrected chi connectivity index (χ1v) is 4.04. The number of rotatable bonds is 3. The minimum atomic E-state index is -0.955. The predicted octanol–water partition coefficient (Wildman–Crippen LogP) is 1.84. The Morgan fingerprint density at radius 2 is 2.23 bits per heavy atom. The first-order chi connectivity index (χ1) is 6.20. The van der Waals surface area contributed by atoms with Crippen molar-refractivity contribution in [1.29, 1.82) is 0 Å². The average Bonchev–Trinajstić information content (AvgIpc) is 2.08. The second kappa shape index (κ2) is 4.62. The molecule has 1 rings (SSSR count). The Hall–Kier alpha value is -1.35. The van der Waals surface area contributed by atoms with Crippen molar-refractivity contribution in [3.63, 3.8) is 0 Å². The molecule has 4 heteroatoms. The maximum atomic E-state index is 10.1. The summed E-state index contributed by atoms with van der Waals surface area (Å²) in [5.41, 5.74) is 0.727. The summed E-state index contributed by atoms with van der Waals surface area (Å²) in [6.07, 6.45) is 1.45. The first kappa shape index (κ1) is 9.74. The van der Waals surface area contributed by atoms with Gasteiger partial charge in [0.2, 0.25) is 0 Å². The van der Waals surface area contributed by atoms with Gasteiger partial charge < -0.3 is 5.11 Å². The third-order valence-corrected chi connectivity index (χ3v) is 1.71. The highest BCUT2D eigenvalue weighted by Crippen LogP contribution is 2.12. The highest BCUT2D eigenvalue weighted by Gasteiger charge is 1.94. The van der Waals surface area contributed by atoms with Crippen LogP contribution in [0, 0.1) is 0 Å². The molecule has 0 saturated heterocycles. The summed E-state index contributed by atoms with van der Waals surface area (Å²) < 4.78 is 0. The molecule has 1 aromatic carbocycles. The number of carboxylic acids is 1. The van der Waals surface area contributed by atoms with Crippen molar-refractivity contribution < 1.29 is 9.90 Å². The van der Waals surface area contributed by atoms with Crippen LogP contribution in [0.3, 0.4) is 0 Å². The summed E-state index contributed by atoms with van der Waals surface area (Å²) >= 11 is 5.80. The SMILES string of the molecule is O=C(O)CN=Cc1ccccc1Cl. The lowest BCUT2D eigenvalue weighted by Crippen LogP contribution is -1.99. The normalized spacial score (nSPS) is 10.5. The molecular formula is C9H8ClNO2. The number of carboxylic acid groups (broad SMARTS) is 1. The van der Waals surface area contributed by atoms with Gasteiger partial charge in [-0.1, -0.05) is 29.8 Å². The maximum absolute atomic E-state index is 10.1. The van der Waals surface area contributed by atoms with Gasteiger partial charge in [-0.25, -0.2) is 0 Å². The molecule has 0 unspecified atom stereocenters. The van der Waals surface area contributed by atoms with Gasteiger partial charge in [0.05, 0.1) is 0 Å². The summed E-state index contributed by atoms with van der Waals surface area (Å²) in [7, 11) is 0. The van der Waals surface area contributed by atoms with Crippen LogP contribution >= 0.6 is 11.6 Å². The smallest absolute Gasteiger partial charge is 0.325 e. The van der Waals surface area contributed by atoms with Gasteiger partial charge in [-0.05, 0) is 6.07 Å². The van der Waals surface area contributed by atoms with Crippen LogP contribution in [0.1, 0.15) is 5.56 Å². The monoisotopic (exact) mass is 197 g/mol. The molecule has 0 aliphatic carbocycles. The van der Waals surface area contributed by atoms with Gasteiger partial charge >= 0.3 is 5.97 Å². The number of aliphatic carboxylic acids is 1. The number of nitrogens with zero attached hydrogens (tertiary/aromatic N) is 1. The molecule has 68 valence electrons. The van der Waals surface area contributed by atoms with Crippen LogP contribution in [-0.2, 0) is 4.79 Å². The summed E-state index contributed by atoms with van der Waals surface area (Å²) in [6, 6.07) is 7.11. The van der Waals surface area contributed by atoms with E-state index in [-0.39, 0.29) is 6.54 Å². The van der Waals surface area contributed by atoms with E-state index in [1.807, 2.05) is 6.07 Å². The van der Waals surface area contributed by atoms with Crippen LogP contribution in [0.5, 0.6) is 0 Å². The van der Waals surface area contributed by atoms with E-state index in [1.54, 1.807) is 18.2 Å². The first-order valence-electron chi connectivity index (χ1n) is 3.66. The van der Waals surface area contributed by atoms with Gasteiger partial charge in [0.1, 0.15) is 6.54 Å². The van der Waals surface area contributed by atoms with E-state index < -0.39 is 5.97 Å². The van der Waals surface area contributed by atoms with Gasteiger partial charge in [0.25, 0.3) is 0 Å². The Balaban J connectivity index is 2.68. The highest BCUT2D eigenvalue weighted by atomic mass is 35.5. The molecule has 0 aliphatic heterocycles. The van der Waals surface area contributed by atoms with E-state index in [1.165, 1.54) is 6.21 Å². The summed E-state index contributed by atoms with van der Waals surface area (Å²) in [4.78, 5) is 13.8. The number of carbonyl (C=O) groups is 1. The summed E-state index contributed by atoms with van der Waals surface area (Å²) in [5.74, 6) is -0.955. The molecule has 3 nitrogen and oxygen atoms in total. The minimum Gasteiger partial charge on any atom is -0.480 e. The van der Waals surface area contributed by atoms with Gasteiger partial charge in [0, 0.05) is 16.8 Å². The summed E-state index contributed by atoms with van der Waals surface area (Å²) in [6.45, 7) is -0.231. The molecule has 1 N–H and O–H groups in total. The lowest BCUT2D eigenvalue weighted by Gasteiger charge is -1.94. The molecule has 0 fully saturated rings. The lowest BCUT2D eigenvalue weighted by atomic mass is 10.2. The lowest BCUT2D eigenvalue weighted by molar-refractivity contribution is -0.135. The van der Waals surface area contributed by atoms with Crippen molar-refractivity contribution in [2.45, 2.75) is 0 Å². The zero-order valence-electron chi connectivity index (χ0n) is 6.77. The van der Waals surface area contributed by atoms with E-state index in [0.717, 1.165) is 5.56 Å². The molecule has 0 saturated carbocycles. The van der Waals surface area contributed by atoms with Crippen LogP contribution in [0.15, 0.2) is 29.3 Å². The van der Waals surface area contributed by atoms with Crippen molar-refractivity contribution in [2.24, 2.45) is 4.99 Å². The van der Waals surface area contributed by atoms with Crippen molar-refractivity contribution in [1.82, 2.24) is 0 Å². The van der Waals surface area contributed by atoms with Gasteiger partial charge in [-0.2, -0.15) is 0 Å². The molecule has 0 spiro atoms. The number of halogens is 1. The van der Waals surface area contributed by atoms with E-state index in [9.17, 15) is 4.79 Å². The Bertz CT molecular complexity index is 336. The zero-order valence-corrected chi connectivity index (χ0v) is 7.53. The van der Waals surface area contributed by atoms with E-state index in [2.05, 4.69) is 4.99 Å². The van der Waals surface area contributed by atoms with Crippen LogP contribution in [0.4, 0.5) is 0 Å². The standard InChI is InChI=1S/C9H8ClNO2/c10-8-4-2-1-3-7(8)5-11-6-9(12)13/h1-5H,6H2,(H,12,13). The van der Waals surface area contributed by atoms with Crippen LogP contribution in [0.25, 0.3) is 0 Å². The van der Waals surface area contributed by atoms with Crippen LogP contribution < -0.4 is 0 Å². The fourth-order valence-corrected chi connectivity index (χ4v) is 0.986. The Morgan fingerprint density at radius 3 is 2.85 bits per heavy atom. The van der Waals surface area contributed by atoms with Crippen molar-refractivity contribution in [3.8, 4) is 0 Å². The Morgan fingerprint density at radius 1 is 1.54 bits per heavy atom. The average molecular weight is 198 g/mol. The van der Waals surface area contributed by atoms with Gasteiger partial charge in [-0.15, -0.1) is 0 Å². The Labute approximate surface area is 80.7 Å². The fourth-order valence-electron chi connectivity index (χ4n) is 0.802. The zero-order chi connectivity index (χ0) is 9.68. The third kappa shape index (κ3) is 3.25. The number of benzene rings is 1. The number of hydrogen-bond acceptors (Lipinski definition) is 2. The van der Waals surface area contributed by atoms with Crippen LogP contribution in [-0.4, -0.2) is 23.8 Å². The number of aliphatic imine (C=N–C) groups is 1. The molecule has 0 radical (unpaired) electrons. The molecule has 0 heterocycles. The molecule has 1 aromatic rings. The van der Waals surface area contributed by atoms with Crippen molar-refractivity contribution in [3.05, 3.63) is 34.9 Å². The predicted molar refractivity (Wildman–Crippen MR) is 51.5 cm³/mol. The fraction of sp³-hybridized carbons (Fsp3) is 0.111. The van der Waals surface area contributed by atoms with Crippen molar-refractivity contribution in [2.75, 3.05) is 6.54 Å². The quantitative estimate of drug-likeness (QED) is 0.752. The molecule has 0 atom stereocenters. The number of hydrogen-bond donors (Lipinski definition) is 1. The molecule has 0 amide bonds. The molecule has 0 aliphatic rings. The van der Waals surface area contributed by atoms with E-state index in [4.69, 9.17) is 16.7 Å². The highest BCUT2D eigenvalue weighted by molar-refractivity contribution is 6.33. The van der Waals surface area contributed by atoms with Gasteiger partial charge in [0.15, 0.2) is 0 Å². The molecule has 0 aromatic heterocycles. The summed E-state index contributed by atoms with van der Waals surface area (Å²) in [5, 5.41) is 8.88. The third-order valence-electron chi connectivity index (χ3n) is 1.36. The maximum Gasteiger partial charge on any atom is 0.325 e. The van der Waals surface area contributed by atoms with Crippen LogP contribution in [0.2, 0.25) is 5.02 Å². The second-order valence-electron chi connectivity index (χ2n) is 2.39. The van der Waals surface area contributed by atoms with Crippen molar-refractivity contribution >= 4 is 23.8 Å². The van der Waals surface area contributed by atoms with Gasteiger partial charge in [-0.3, -0.25) is 9.79 Å². The topological polar surface area (TPSA) is 49.7 Å². The molecular weight excluding hydrogens is 190 g/mol. The second-order valence-corrected chi connectivity index (χ2v) is 2.79. The molecule has 13 heavy (non-hydrogen) atoms. The van der Waals surface area contributed by atoms with E-state index in [0.29, 0.717) is 5.02 Å². The van der Waals surface area contributed by atoms with E-state index >= 15 is 0 Å². The molecule has 0 bridgehead atoms. The minimum absolute atomic E-state index is 0.231.